The second kappa shape index (κ2) is 7.96. The predicted octanol–water partition coefficient (Wildman–Crippen LogP) is 6.71. The third-order valence-corrected chi connectivity index (χ3v) is 6.85. The zero-order chi connectivity index (χ0) is 19.6. The van der Waals surface area contributed by atoms with Crippen LogP contribution in [0.25, 0.3) is 10.8 Å². The molecule has 1 aliphatic rings. The van der Waals surface area contributed by atoms with Gasteiger partial charge < -0.3 is 4.74 Å². The normalized spacial score (nSPS) is 23.5. The van der Waals surface area contributed by atoms with Gasteiger partial charge in [0.15, 0.2) is 0 Å². The van der Waals surface area contributed by atoms with E-state index in [-0.39, 0.29) is 0 Å². The highest BCUT2D eigenvalue weighted by Gasteiger charge is 2.50. The van der Waals surface area contributed by atoms with E-state index >= 15 is 0 Å². The summed E-state index contributed by atoms with van der Waals surface area (Å²) in [4.78, 5) is 0. The number of thiol groups is 1. The minimum atomic E-state index is 0.293. The monoisotopic (exact) mass is 396 g/mol. The molecule has 1 nitrogen and oxygen atoms in total. The number of fused-ring (bicyclic) bond motifs is 1. The van der Waals surface area contributed by atoms with Crippen LogP contribution in [0, 0.1) is 5.92 Å². The summed E-state index contributed by atoms with van der Waals surface area (Å²) in [6.07, 6.45) is 0. The summed E-state index contributed by atoms with van der Waals surface area (Å²) in [6.45, 7) is 0.685. The lowest BCUT2D eigenvalue weighted by atomic mass is 9.59. The highest BCUT2D eigenvalue weighted by atomic mass is 32.1. The number of hydrogen-bond acceptors (Lipinski definition) is 2. The van der Waals surface area contributed by atoms with Gasteiger partial charge in [-0.25, -0.2) is 0 Å². The molecule has 29 heavy (non-hydrogen) atoms. The average molecular weight is 397 g/mol. The molecule has 2 heteroatoms. The largest absolute Gasteiger partial charge is 0.493 e. The zero-order valence-electron chi connectivity index (χ0n) is 16.2. The Morgan fingerprint density at radius 2 is 1.17 bits per heavy atom. The second-order valence-electron chi connectivity index (χ2n) is 7.82. The topological polar surface area (TPSA) is 9.23 Å². The lowest BCUT2D eigenvalue weighted by molar-refractivity contribution is 0.129. The first kappa shape index (κ1) is 18.3. The quantitative estimate of drug-likeness (QED) is 0.369. The molecular formula is C27H24OS. The van der Waals surface area contributed by atoms with Gasteiger partial charge in [0.05, 0.1) is 6.61 Å². The number of ether oxygens (including phenoxy) is 1. The van der Waals surface area contributed by atoms with Crippen LogP contribution in [0.2, 0.25) is 0 Å². The van der Waals surface area contributed by atoms with E-state index < -0.39 is 0 Å². The summed E-state index contributed by atoms with van der Waals surface area (Å²) in [7, 11) is 0. The van der Waals surface area contributed by atoms with Gasteiger partial charge in [0.2, 0.25) is 0 Å². The average Bonchev–Trinajstić information content (AvgIpc) is 2.78. The van der Waals surface area contributed by atoms with Gasteiger partial charge in [0, 0.05) is 28.4 Å². The summed E-state index contributed by atoms with van der Waals surface area (Å²) in [5, 5.41) is 2.68. The Bertz CT molecular complexity index is 1040. The summed E-state index contributed by atoms with van der Waals surface area (Å²) < 4.78 is 6.44. The van der Waals surface area contributed by atoms with Crippen LogP contribution in [-0.4, -0.2) is 11.9 Å². The van der Waals surface area contributed by atoms with Gasteiger partial charge >= 0.3 is 0 Å². The fourth-order valence-electron chi connectivity index (χ4n) is 4.76. The van der Waals surface area contributed by atoms with E-state index in [4.69, 9.17) is 17.4 Å². The fraction of sp³-hybridized carbons (Fsp3) is 0.185. The molecule has 1 fully saturated rings. The van der Waals surface area contributed by atoms with Crippen molar-refractivity contribution in [3.8, 4) is 5.75 Å². The fourth-order valence-corrected chi connectivity index (χ4v) is 5.55. The van der Waals surface area contributed by atoms with Crippen LogP contribution in [-0.2, 0) is 0 Å². The van der Waals surface area contributed by atoms with E-state index in [0.29, 0.717) is 29.6 Å². The lowest BCUT2D eigenvalue weighted by Crippen LogP contribution is -2.47. The molecular weight excluding hydrogens is 372 g/mol. The first-order chi connectivity index (χ1) is 14.3. The molecule has 5 rings (SSSR count). The molecule has 2 atom stereocenters. The highest BCUT2D eigenvalue weighted by molar-refractivity contribution is 7.81. The molecule has 0 bridgehead atoms. The molecule has 0 aromatic heterocycles. The van der Waals surface area contributed by atoms with E-state index in [9.17, 15) is 0 Å². The lowest BCUT2D eigenvalue weighted by Gasteiger charge is -2.50. The van der Waals surface area contributed by atoms with E-state index in [0.717, 1.165) is 5.75 Å². The van der Waals surface area contributed by atoms with Crippen molar-refractivity contribution in [3.63, 3.8) is 0 Å². The van der Waals surface area contributed by atoms with Gasteiger partial charge in [-0.15, -0.1) is 0 Å². The van der Waals surface area contributed by atoms with Gasteiger partial charge in [0.25, 0.3) is 0 Å². The first-order valence-corrected chi connectivity index (χ1v) is 10.7. The number of hydrogen-bond donors (Lipinski definition) is 1. The Morgan fingerprint density at radius 3 is 1.83 bits per heavy atom. The van der Waals surface area contributed by atoms with Crippen molar-refractivity contribution >= 4 is 23.4 Å². The van der Waals surface area contributed by atoms with Crippen LogP contribution >= 0.6 is 12.6 Å². The maximum absolute atomic E-state index is 6.44. The summed E-state index contributed by atoms with van der Waals surface area (Å²) >= 11 is 5.04. The molecule has 0 unspecified atom stereocenters. The van der Waals surface area contributed by atoms with Crippen LogP contribution in [0.4, 0.5) is 0 Å². The molecule has 0 N–H and O–H groups in total. The van der Waals surface area contributed by atoms with E-state index in [1.807, 2.05) is 0 Å². The second-order valence-corrected chi connectivity index (χ2v) is 8.41. The summed E-state index contributed by atoms with van der Waals surface area (Å²) in [6, 6.07) is 36.2. The van der Waals surface area contributed by atoms with Gasteiger partial charge in [0.1, 0.15) is 5.75 Å². The standard InChI is InChI=1S/C27H24OS/c29-27-25(20-11-3-1-4-12-20)23(26(27)21-13-5-2-6-14-21)18-28-24-17-9-15-19-10-7-8-16-22(19)24/h1-17,23,25-27,29H,18H2/t23-,25-,26-,27+/m1/s1. The van der Waals surface area contributed by atoms with Crippen LogP contribution in [0.3, 0.4) is 0 Å². The Labute approximate surface area is 177 Å². The molecule has 4 aromatic carbocycles. The van der Waals surface area contributed by atoms with Crippen molar-refractivity contribution in [1.29, 1.82) is 0 Å². The van der Waals surface area contributed by atoms with Gasteiger partial charge in [-0.2, -0.15) is 12.6 Å². The Balaban J connectivity index is 1.45. The first-order valence-electron chi connectivity index (χ1n) is 10.2. The van der Waals surface area contributed by atoms with Crippen molar-refractivity contribution in [2.75, 3.05) is 6.61 Å². The minimum absolute atomic E-state index is 0.293. The maximum Gasteiger partial charge on any atom is 0.127 e. The molecule has 0 spiro atoms. The maximum atomic E-state index is 6.44. The smallest absolute Gasteiger partial charge is 0.127 e. The van der Waals surface area contributed by atoms with Crippen LogP contribution < -0.4 is 4.74 Å². The Morgan fingerprint density at radius 1 is 0.621 bits per heavy atom. The van der Waals surface area contributed by atoms with E-state index in [1.165, 1.54) is 21.9 Å². The predicted molar refractivity (Wildman–Crippen MR) is 124 cm³/mol. The van der Waals surface area contributed by atoms with Crippen molar-refractivity contribution in [3.05, 3.63) is 114 Å². The molecule has 4 aromatic rings. The number of rotatable bonds is 5. The van der Waals surface area contributed by atoms with Crippen molar-refractivity contribution in [2.24, 2.45) is 5.92 Å². The van der Waals surface area contributed by atoms with Crippen molar-refractivity contribution in [2.45, 2.75) is 17.1 Å². The van der Waals surface area contributed by atoms with Gasteiger partial charge in [-0.3, -0.25) is 0 Å². The molecule has 0 heterocycles. The van der Waals surface area contributed by atoms with Gasteiger partial charge in [-0.05, 0) is 22.6 Å². The molecule has 0 amide bonds. The highest BCUT2D eigenvalue weighted by Crippen LogP contribution is 2.55. The van der Waals surface area contributed by atoms with Crippen LogP contribution in [0.5, 0.6) is 5.75 Å². The molecule has 1 saturated carbocycles. The number of benzene rings is 4. The van der Waals surface area contributed by atoms with Crippen LogP contribution in [0.15, 0.2) is 103 Å². The molecule has 0 aliphatic heterocycles. The van der Waals surface area contributed by atoms with Gasteiger partial charge in [-0.1, -0.05) is 97.1 Å². The molecule has 0 saturated heterocycles. The van der Waals surface area contributed by atoms with Crippen molar-refractivity contribution < 1.29 is 4.74 Å². The third kappa shape index (κ3) is 3.42. The Hall–Kier alpha value is -2.71. The van der Waals surface area contributed by atoms with E-state index in [2.05, 4.69) is 103 Å². The Kier molecular flexibility index (Phi) is 5.03. The molecule has 0 radical (unpaired) electrons. The zero-order valence-corrected chi connectivity index (χ0v) is 17.1. The minimum Gasteiger partial charge on any atom is -0.493 e. The van der Waals surface area contributed by atoms with Crippen molar-refractivity contribution in [1.82, 2.24) is 0 Å². The SMILES string of the molecule is S[C@H]1[C@H](c2ccccc2)[C@@H](COc2cccc3ccccc23)[C@H]1c1ccccc1. The van der Waals surface area contributed by atoms with E-state index in [1.54, 1.807) is 0 Å². The third-order valence-electron chi connectivity index (χ3n) is 6.21. The molecule has 144 valence electrons. The summed E-state index contributed by atoms with van der Waals surface area (Å²) in [5.41, 5.74) is 2.71. The van der Waals surface area contributed by atoms with Crippen LogP contribution in [0.1, 0.15) is 23.0 Å². The summed E-state index contributed by atoms with van der Waals surface area (Å²) in [5.74, 6) is 2.13. The molecule has 1 aliphatic carbocycles.